The molecule has 0 amide bonds. The van der Waals surface area contributed by atoms with Crippen molar-refractivity contribution in [2.45, 2.75) is 13.0 Å². The maximum absolute atomic E-state index is 5.28. The van der Waals surface area contributed by atoms with E-state index in [-0.39, 0.29) is 6.04 Å². The Morgan fingerprint density at radius 3 is 2.74 bits per heavy atom. The molecule has 0 aliphatic heterocycles. The molecule has 0 saturated carbocycles. The maximum atomic E-state index is 5.28. The van der Waals surface area contributed by atoms with Gasteiger partial charge in [0.2, 0.25) is 0 Å². The number of ether oxygens (including phenoxy) is 1. The Morgan fingerprint density at radius 1 is 1.32 bits per heavy atom. The van der Waals surface area contributed by atoms with E-state index in [0.29, 0.717) is 0 Å². The highest BCUT2D eigenvalue weighted by atomic mass is 32.1. The van der Waals surface area contributed by atoms with E-state index >= 15 is 0 Å². The second-order valence-electron chi connectivity index (χ2n) is 4.22. The van der Waals surface area contributed by atoms with Gasteiger partial charge in [0.05, 0.1) is 17.7 Å². The van der Waals surface area contributed by atoms with Gasteiger partial charge in [-0.2, -0.15) is 0 Å². The van der Waals surface area contributed by atoms with Crippen LogP contribution in [0.4, 0.5) is 5.13 Å². The molecule has 0 bridgehead atoms. The van der Waals surface area contributed by atoms with Crippen LogP contribution >= 0.6 is 11.3 Å². The third kappa shape index (κ3) is 2.88. The summed E-state index contributed by atoms with van der Waals surface area (Å²) in [4.78, 5) is 5.88. The van der Waals surface area contributed by atoms with Gasteiger partial charge in [0.15, 0.2) is 5.13 Å². The Hall–Kier alpha value is -1.59. The van der Waals surface area contributed by atoms with E-state index in [1.165, 1.54) is 4.88 Å². The SMILES string of the molecule is CNc1nc(-c2cccc(OC)c2)c(C(C)NC)s1. The summed E-state index contributed by atoms with van der Waals surface area (Å²) in [5.74, 6) is 0.847. The molecular formula is C14H19N3OS. The predicted octanol–water partition coefficient (Wildman–Crippen LogP) is 3.14. The maximum Gasteiger partial charge on any atom is 0.183 e. The molecule has 1 unspecified atom stereocenters. The minimum absolute atomic E-state index is 0.265. The Kier molecular flexibility index (Phi) is 4.39. The number of nitrogens with one attached hydrogen (secondary N) is 2. The van der Waals surface area contributed by atoms with Crippen LogP contribution in [0.25, 0.3) is 11.3 Å². The number of nitrogens with zero attached hydrogens (tertiary/aromatic N) is 1. The van der Waals surface area contributed by atoms with Crippen LogP contribution in [0.2, 0.25) is 0 Å². The summed E-state index contributed by atoms with van der Waals surface area (Å²) in [5.41, 5.74) is 2.09. The molecule has 2 N–H and O–H groups in total. The van der Waals surface area contributed by atoms with E-state index in [4.69, 9.17) is 4.74 Å². The van der Waals surface area contributed by atoms with E-state index in [0.717, 1.165) is 22.1 Å². The molecule has 1 aromatic carbocycles. The molecule has 0 radical (unpaired) electrons. The van der Waals surface area contributed by atoms with E-state index in [9.17, 15) is 0 Å². The van der Waals surface area contributed by atoms with Gasteiger partial charge in [0, 0.05) is 18.7 Å². The molecule has 1 heterocycles. The standard InChI is InChI=1S/C14H19N3OS/c1-9(15-2)13-12(17-14(16-3)19-13)10-6-5-7-11(8-10)18-4/h5-9,15H,1-4H3,(H,16,17). The van der Waals surface area contributed by atoms with Crippen LogP contribution in [-0.2, 0) is 0 Å². The Bertz CT molecular complexity index is 553. The van der Waals surface area contributed by atoms with Gasteiger partial charge in [-0.3, -0.25) is 0 Å². The third-order valence-corrected chi connectivity index (χ3v) is 4.29. The lowest BCUT2D eigenvalue weighted by molar-refractivity contribution is 0.415. The van der Waals surface area contributed by atoms with E-state index in [1.54, 1.807) is 18.4 Å². The number of benzene rings is 1. The molecule has 0 aliphatic carbocycles. The highest BCUT2D eigenvalue weighted by molar-refractivity contribution is 7.16. The van der Waals surface area contributed by atoms with Crippen molar-refractivity contribution in [2.24, 2.45) is 0 Å². The number of thiazole rings is 1. The van der Waals surface area contributed by atoms with Gasteiger partial charge in [-0.25, -0.2) is 4.98 Å². The Balaban J connectivity index is 2.50. The van der Waals surface area contributed by atoms with Gasteiger partial charge in [-0.15, -0.1) is 0 Å². The molecule has 0 aliphatic rings. The number of rotatable bonds is 5. The molecule has 5 heteroatoms. The van der Waals surface area contributed by atoms with Crippen LogP contribution in [0, 0.1) is 0 Å². The molecule has 2 rings (SSSR count). The second kappa shape index (κ2) is 6.04. The van der Waals surface area contributed by atoms with Gasteiger partial charge < -0.3 is 15.4 Å². The molecule has 0 spiro atoms. The first-order valence-corrected chi connectivity index (χ1v) is 7.01. The minimum atomic E-state index is 0.265. The fourth-order valence-corrected chi connectivity index (χ4v) is 2.84. The smallest absolute Gasteiger partial charge is 0.183 e. The Labute approximate surface area is 117 Å². The van der Waals surface area contributed by atoms with Crippen LogP contribution < -0.4 is 15.4 Å². The minimum Gasteiger partial charge on any atom is -0.497 e. The van der Waals surface area contributed by atoms with E-state index < -0.39 is 0 Å². The summed E-state index contributed by atoms with van der Waals surface area (Å²) in [5, 5.41) is 7.31. The van der Waals surface area contributed by atoms with Crippen LogP contribution in [0.1, 0.15) is 17.8 Å². The number of hydrogen-bond donors (Lipinski definition) is 2. The zero-order valence-corrected chi connectivity index (χ0v) is 12.5. The topological polar surface area (TPSA) is 46.2 Å². The van der Waals surface area contributed by atoms with Crippen molar-refractivity contribution in [3.05, 3.63) is 29.1 Å². The van der Waals surface area contributed by atoms with Gasteiger partial charge >= 0.3 is 0 Å². The number of hydrogen-bond acceptors (Lipinski definition) is 5. The summed E-state index contributed by atoms with van der Waals surface area (Å²) in [6, 6.07) is 8.26. The van der Waals surface area contributed by atoms with Crippen molar-refractivity contribution in [1.82, 2.24) is 10.3 Å². The van der Waals surface area contributed by atoms with Crippen molar-refractivity contribution >= 4 is 16.5 Å². The fraction of sp³-hybridized carbons (Fsp3) is 0.357. The second-order valence-corrected chi connectivity index (χ2v) is 5.25. The molecule has 1 atom stereocenters. The lowest BCUT2D eigenvalue weighted by atomic mass is 10.1. The molecule has 2 aromatic rings. The lowest BCUT2D eigenvalue weighted by Crippen LogP contribution is -2.11. The fourth-order valence-electron chi connectivity index (χ4n) is 1.84. The van der Waals surface area contributed by atoms with Crippen LogP contribution in [0.3, 0.4) is 0 Å². The monoisotopic (exact) mass is 277 g/mol. The van der Waals surface area contributed by atoms with Crippen molar-refractivity contribution in [3.8, 4) is 17.0 Å². The number of anilines is 1. The van der Waals surface area contributed by atoms with Gasteiger partial charge in [-0.1, -0.05) is 23.5 Å². The van der Waals surface area contributed by atoms with E-state index in [2.05, 4.69) is 28.6 Å². The zero-order valence-electron chi connectivity index (χ0n) is 11.7. The quantitative estimate of drug-likeness (QED) is 0.881. The molecule has 4 nitrogen and oxygen atoms in total. The Morgan fingerprint density at radius 2 is 2.11 bits per heavy atom. The number of aromatic nitrogens is 1. The van der Waals surface area contributed by atoms with Crippen LogP contribution in [0.15, 0.2) is 24.3 Å². The highest BCUT2D eigenvalue weighted by Crippen LogP contribution is 2.36. The summed E-state index contributed by atoms with van der Waals surface area (Å²) < 4.78 is 5.28. The van der Waals surface area contributed by atoms with Crippen molar-refractivity contribution < 1.29 is 4.74 Å². The third-order valence-electron chi connectivity index (χ3n) is 3.04. The first kappa shape index (κ1) is 13.8. The summed E-state index contributed by atoms with van der Waals surface area (Å²) in [6.07, 6.45) is 0. The average molecular weight is 277 g/mol. The van der Waals surface area contributed by atoms with E-state index in [1.807, 2.05) is 32.3 Å². The average Bonchev–Trinajstić information content (AvgIpc) is 2.90. The first-order valence-electron chi connectivity index (χ1n) is 6.19. The lowest BCUT2D eigenvalue weighted by Gasteiger charge is -2.10. The molecule has 0 fully saturated rings. The number of methoxy groups -OCH3 is 1. The summed E-state index contributed by atoms with van der Waals surface area (Å²) >= 11 is 1.67. The normalized spacial score (nSPS) is 12.2. The van der Waals surface area contributed by atoms with Gasteiger partial charge in [-0.05, 0) is 26.1 Å². The molecule has 19 heavy (non-hydrogen) atoms. The summed E-state index contributed by atoms with van der Waals surface area (Å²) in [7, 11) is 5.52. The van der Waals surface area contributed by atoms with Crippen molar-refractivity contribution in [3.63, 3.8) is 0 Å². The van der Waals surface area contributed by atoms with Crippen LogP contribution in [-0.4, -0.2) is 26.2 Å². The van der Waals surface area contributed by atoms with Gasteiger partial charge in [0.1, 0.15) is 5.75 Å². The highest BCUT2D eigenvalue weighted by Gasteiger charge is 2.17. The van der Waals surface area contributed by atoms with Crippen LogP contribution in [0.5, 0.6) is 5.75 Å². The zero-order chi connectivity index (χ0) is 13.8. The molecular weight excluding hydrogens is 258 g/mol. The largest absolute Gasteiger partial charge is 0.497 e. The predicted molar refractivity (Wildman–Crippen MR) is 81.1 cm³/mol. The molecule has 1 aromatic heterocycles. The van der Waals surface area contributed by atoms with Crippen molar-refractivity contribution in [2.75, 3.05) is 26.5 Å². The molecule has 0 saturated heterocycles. The first-order chi connectivity index (χ1) is 9.19. The van der Waals surface area contributed by atoms with Crippen molar-refractivity contribution in [1.29, 1.82) is 0 Å². The van der Waals surface area contributed by atoms with Gasteiger partial charge in [0.25, 0.3) is 0 Å². The summed E-state index contributed by atoms with van der Waals surface area (Å²) in [6.45, 7) is 2.14. The molecule has 102 valence electrons.